The molecule has 1 saturated carbocycles. The van der Waals surface area contributed by atoms with Crippen LogP contribution in [0.1, 0.15) is 22.6 Å². The fraction of sp³-hybridized carbons (Fsp3) is 0.286. The number of nitrogens with zero attached hydrogens (tertiary/aromatic N) is 3. The SMILES string of the molecule is COCC(=O)N1CC2C(c3ccccc3)C2(c2cc3cnn(-c4ccc(F)cc4)c3cc2C)C1. The average Bonchev–Trinajstić information content (AvgIpc) is 3.11. The van der Waals surface area contributed by atoms with Crippen molar-refractivity contribution in [2.45, 2.75) is 18.3 Å². The molecule has 1 aromatic heterocycles. The number of carbonyl (C=O) groups excluding carboxylic acids is 1. The smallest absolute Gasteiger partial charge is 0.248 e. The molecule has 0 radical (unpaired) electrons. The first kappa shape index (κ1) is 21.1. The van der Waals surface area contributed by atoms with E-state index in [1.165, 1.54) is 28.8 Å². The molecule has 0 N–H and O–H groups in total. The molecule has 2 fully saturated rings. The number of piperidine rings is 1. The van der Waals surface area contributed by atoms with Crippen LogP contribution in [-0.2, 0) is 14.9 Å². The maximum absolute atomic E-state index is 13.4. The van der Waals surface area contributed by atoms with Crippen LogP contribution in [0.2, 0.25) is 0 Å². The van der Waals surface area contributed by atoms with Crippen molar-refractivity contribution in [3.8, 4) is 5.69 Å². The summed E-state index contributed by atoms with van der Waals surface area (Å²) in [6.45, 7) is 3.69. The molecule has 3 atom stereocenters. The minimum Gasteiger partial charge on any atom is -0.375 e. The highest BCUT2D eigenvalue weighted by atomic mass is 19.1. The fourth-order valence-corrected chi connectivity index (χ4v) is 6.14. The van der Waals surface area contributed by atoms with Gasteiger partial charge in [0.1, 0.15) is 12.4 Å². The number of aromatic nitrogens is 2. The third-order valence-corrected chi connectivity index (χ3v) is 7.65. The molecule has 0 spiro atoms. The standard InChI is InChI=1S/C28H26FN3O2/c1-18-12-25-20(14-30-32(25)22-10-8-21(29)9-11-22)13-23(18)28-17-31(26(33)16-34-2)15-24(28)27(28)19-6-4-3-5-7-19/h3-14,24,27H,15-17H2,1-2H3. The molecule has 1 amide bonds. The number of fused-ring (bicyclic) bond motifs is 2. The zero-order valence-corrected chi connectivity index (χ0v) is 19.2. The number of hydrogen-bond donors (Lipinski definition) is 0. The monoisotopic (exact) mass is 455 g/mol. The number of likely N-dealkylation sites (tertiary alicyclic amines) is 1. The van der Waals surface area contributed by atoms with Gasteiger partial charge in [0.15, 0.2) is 0 Å². The number of methoxy groups -OCH3 is 1. The second-order valence-electron chi connectivity index (χ2n) is 9.50. The molecular weight excluding hydrogens is 429 g/mol. The molecule has 2 heterocycles. The highest BCUT2D eigenvalue weighted by molar-refractivity contribution is 5.84. The number of halogens is 1. The fourth-order valence-electron chi connectivity index (χ4n) is 6.14. The molecule has 1 aliphatic carbocycles. The van der Waals surface area contributed by atoms with Gasteiger partial charge < -0.3 is 9.64 Å². The number of rotatable bonds is 5. The number of carbonyl (C=O) groups is 1. The van der Waals surface area contributed by atoms with Gasteiger partial charge in [-0.05, 0) is 65.9 Å². The molecule has 5 nitrogen and oxygen atoms in total. The lowest BCUT2D eigenvalue weighted by Gasteiger charge is -2.25. The number of amides is 1. The Morgan fingerprint density at radius 3 is 2.65 bits per heavy atom. The highest BCUT2D eigenvalue weighted by Crippen LogP contribution is 2.69. The van der Waals surface area contributed by atoms with Crippen molar-refractivity contribution in [2.75, 3.05) is 26.8 Å². The average molecular weight is 456 g/mol. The minimum atomic E-state index is -0.265. The van der Waals surface area contributed by atoms with E-state index in [1.807, 2.05) is 21.8 Å². The van der Waals surface area contributed by atoms with E-state index in [0.717, 1.165) is 23.1 Å². The predicted octanol–water partition coefficient (Wildman–Crippen LogP) is 4.61. The lowest BCUT2D eigenvalue weighted by molar-refractivity contribution is -0.134. The molecule has 1 aliphatic heterocycles. The van der Waals surface area contributed by atoms with Crippen molar-refractivity contribution in [1.29, 1.82) is 0 Å². The molecule has 0 bridgehead atoms. The molecule has 34 heavy (non-hydrogen) atoms. The summed E-state index contributed by atoms with van der Waals surface area (Å²) < 4.78 is 20.4. The first-order valence-electron chi connectivity index (χ1n) is 11.6. The Bertz CT molecular complexity index is 1380. The summed E-state index contributed by atoms with van der Waals surface area (Å²) >= 11 is 0. The summed E-state index contributed by atoms with van der Waals surface area (Å²) in [6, 6.07) is 21.4. The zero-order chi connectivity index (χ0) is 23.4. The van der Waals surface area contributed by atoms with Crippen LogP contribution in [0, 0.1) is 18.7 Å². The Hall–Kier alpha value is -3.51. The molecule has 172 valence electrons. The van der Waals surface area contributed by atoms with E-state index in [1.54, 1.807) is 19.2 Å². The van der Waals surface area contributed by atoms with Crippen molar-refractivity contribution in [1.82, 2.24) is 14.7 Å². The van der Waals surface area contributed by atoms with Gasteiger partial charge in [0.05, 0.1) is 17.4 Å². The van der Waals surface area contributed by atoms with Crippen LogP contribution >= 0.6 is 0 Å². The topological polar surface area (TPSA) is 47.4 Å². The third kappa shape index (κ3) is 3.09. The van der Waals surface area contributed by atoms with Crippen LogP contribution in [0.25, 0.3) is 16.6 Å². The molecular formula is C28H26FN3O2. The predicted molar refractivity (Wildman–Crippen MR) is 129 cm³/mol. The van der Waals surface area contributed by atoms with Gasteiger partial charge in [-0.1, -0.05) is 30.3 Å². The van der Waals surface area contributed by atoms with Crippen LogP contribution in [0.4, 0.5) is 4.39 Å². The first-order valence-corrected chi connectivity index (χ1v) is 11.6. The number of ether oxygens (including phenoxy) is 1. The molecule has 6 heteroatoms. The van der Waals surface area contributed by atoms with E-state index in [2.05, 4.69) is 48.4 Å². The van der Waals surface area contributed by atoms with Gasteiger partial charge in [-0.15, -0.1) is 0 Å². The normalized spacial score (nSPS) is 23.3. The molecule has 2 aliphatic rings. The lowest BCUT2D eigenvalue weighted by Crippen LogP contribution is -2.36. The van der Waals surface area contributed by atoms with Gasteiger partial charge in [-0.3, -0.25) is 4.79 Å². The summed E-state index contributed by atoms with van der Waals surface area (Å²) in [5.41, 5.74) is 5.49. The summed E-state index contributed by atoms with van der Waals surface area (Å²) in [5.74, 6) is 0.532. The Morgan fingerprint density at radius 1 is 1.15 bits per heavy atom. The van der Waals surface area contributed by atoms with Gasteiger partial charge in [0.2, 0.25) is 5.91 Å². The van der Waals surface area contributed by atoms with E-state index in [4.69, 9.17) is 4.74 Å². The maximum Gasteiger partial charge on any atom is 0.248 e. The van der Waals surface area contributed by atoms with E-state index in [9.17, 15) is 9.18 Å². The van der Waals surface area contributed by atoms with Gasteiger partial charge in [0.25, 0.3) is 0 Å². The zero-order valence-electron chi connectivity index (χ0n) is 19.2. The highest BCUT2D eigenvalue weighted by Gasteiger charge is 2.70. The van der Waals surface area contributed by atoms with E-state index in [-0.39, 0.29) is 23.7 Å². The summed E-state index contributed by atoms with van der Waals surface area (Å²) in [7, 11) is 1.56. The van der Waals surface area contributed by atoms with Crippen molar-refractivity contribution < 1.29 is 13.9 Å². The summed E-state index contributed by atoms with van der Waals surface area (Å²) in [5, 5.41) is 5.64. The van der Waals surface area contributed by atoms with E-state index >= 15 is 0 Å². The maximum atomic E-state index is 13.4. The van der Waals surface area contributed by atoms with E-state index < -0.39 is 0 Å². The van der Waals surface area contributed by atoms with Crippen molar-refractivity contribution >= 4 is 16.8 Å². The van der Waals surface area contributed by atoms with Gasteiger partial charge in [-0.25, -0.2) is 9.07 Å². The van der Waals surface area contributed by atoms with E-state index in [0.29, 0.717) is 18.4 Å². The second kappa shape index (κ2) is 7.77. The van der Waals surface area contributed by atoms with Crippen molar-refractivity contribution in [3.05, 3.63) is 95.4 Å². The molecule has 3 unspecified atom stereocenters. The number of aryl methyl sites for hydroxylation is 1. The van der Waals surface area contributed by atoms with Crippen LogP contribution in [0.3, 0.4) is 0 Å². The molecule has 6 rings (SSSR count). The van der Waals surface area contributed by atoms with Gasteiger partial charge in [-0.2, -0.15) is 5.10 Å². The quantitative estimate of drug-likeness (QED) is 0.442. The van der Waals surface area contributed by atoms with Crippen molar-refractivity contribution in [2.24, 2.45) is 5.92 Å². The van der Waals surface area contributed by atoms with Gasteiger partial charge >= 0.3 is 0 Å². The number of hydrogen-bond acceptors (Lipinski definition) is 3. The Labute approximate surface area is 197 Å². The molecule has 4 aromatic rings. The largest absolute Gasteiger partial charge is 0.375 e. The first-order chi connectivity index (χ1) is 16.5. The lowest BCUT2D eigenvalue weighted by atomic mass is 9.86. The van der Waals surface area contributed by atoms with Crippen LogP contribution < -0.4 is 0 Å². The molecule has 3 aromatic carbocycles. The summed E-state index contributed by atoms with van der Waals surface area (Å²) in [4.78, 5) is 14.6. The Morgan fingerprint density at radius 2 is 1.91 bits per heavy atom. The minimum absolute atomic E-state index is 0.0451. The summed E-state index contributed by atoms with van der Waals surface area (Å²) in [6.07, 6.45) is 1.87. The van der Waals surface area contributed by atoms with Crippen LogP contribution in [0.15, 0.2) is 72.9 Å². The molecule has 1 saturated heterocycles. The Balaban J connectivity index is 1.44. The third-order valence-electron chi connectivity index (χ3n) is 7.65. The Kier molecular flexibility index (Phi) is 4.81. The number of benzene rings is 3. The van der Waals surface area contributed by atoms with Gasteiger partial charge in [0, 0.05) is 36.9 Å². The van der Waals surface area contributed by atoms with Crippen LogP contribution in [0.5, 0.6) is 0 Å². The second-order valence-corrected chi connectivity index (χ2v) is 9.50. The van der Waals surface area contributed by atoms with Crippen LogP contribution in [-0.4, -0.2) is 47.4 Å². The van der Waals surface area contributed by atoms with Crippen molar-refractivity contribution in [3.63, 3.8) is 0 Å².